The Morgan fingerprint density at radius 2 is 1.96 bits per heavy atom. The van der Waals surface area contributed by atoms with Crippen molar-refractivity contribution in [1.29, 1.82) is 0 Å². The van der Waals surface area contributed by atoms with Gasteiger partial charge < -0.3 is 4.42 Å². The topological polar surface area (TPSA) is 58.3 Å². The van der Waals surface area contributed by atoms with E-state index in [0.717, 1.165) is 43.7 Å². The lowest BCUT2D eigenvalue weighted by Gasteiger charge is -2.56. The third-order valence-corrected chi connectivity index (χ3v) is 5.26. The number of piperidine rings is 1. The molecule has 0 aromatic carbocycles. The van der Waals surface area contributed by atoms with E-state index in [1.54, 1.807) is 0 Å². The quantitative estimate of drug-likeness (QED) is 0.839. The number of pyridine rings is 1. The molecule has 2 unspecified atom stereocenters. The maximum atomic E-state index is 5.81. The van der Waals surface area contributed by atoms with Crippen molar-refractivity contribution >= 4 is 0 Å². The Kier molecular flexibility index (Phi) is 3.19. The van der Waals surface area contributed by atoms with Crippen LogP contribution in [-0.4, -0.2) is 50.2 Å². The average molecular weight is 311 g/mol. The number of hydrogen-bond acceptors (Lipinski definition) is 6. The average Bonchev–Trinajstić information content (AvgIpc) is 3.32. The van der Waals surface area contributed by atoms with E-state index in [-0.39, 0.29) is 0 Å². The van der Waals surface area contributed by atoms with Crippen LogP contribution in [0.5, 0.6) is 0 Å². The molecule has 3 saturated heterocycles. The van der Waals surface area contributed by atoms with E-state index >= 15 is 0 Å². The summed E-state index contributed by atoms with van der Waals surface area (Å²) in [5, 5.41) is 8.42. The van der Waals surface area contributed by atoms with Crippen molar-refractivity contribution in [3.8, 4) is 0 Å². The van der Waals surface area contributed by atoms with Gasteiger partial charge in [0.05, 0.1) is 12.2 Å². The molecule has 0 spiro atoms. The van der Waals surface area contributed by atoms with Gasteiger partial charge in [0, 0.05) is 43.8 Å². The van der Waals surface area contributed by atoms with Crippen molar-refractivity contribution in [2.45, 2.75) is 50.4 Å². The molecule has 2 bridgehead atoms. The zero-order valence-electron chi connectivity index (χ0n) is 13.1. The molecule has 23 heavy (non-hydrogen) atoms. The van der Waals surface area contributed by atoms with Crippen LogP contribution in [-0.2, 0) is 13.1 Å². The van der Waals surface area contributed by atoms with Crippen molar-refractivity contribution < 1.29 is 4.42 Å². The number of fused-ring (bicyclic) bond motifs is 2. The van der Waals surface area contributed by atoms with Crippen molar-refractivity contribution in [2.24, 2.45) is 0 Å². The Morgan fingerprint density at radius 1 is 1.09 bits per heavy atom. The normalized spacial score (nSPS) is 27.8. The third-order valence-electron chi connectivity index (χ3n) is 5.26. The summed E-state index contributed by atoms with van der Waals surface area (Å²) >= 11 is 0. The second-order valence-corrected chi connectivity index (χ2v) is 7.04. The Morgan fingerprint density at radius 3 is 2.70 bits per heavy atom. The Bertz CT molecular complexity index is 671. The van der Waals surface area contributed by atoms with Crippen molar-refractivity contribution in [3.63, 3.8) is 0 Å². The molecule has 5 heterocycles. The fourth-order valence-electron chi connectivity index (χ4n) is 3.86. The molecule has 120 valence electrons. The Hall–Kier alpha value is -1.79. The summed E-state index contributed by atoms with van der Waals surface area (Å²) in [5.74, 6) is 2.18. The van der Waals surface area contributed by atoms with Gasteiger partial charge in [-0.25, -0.2) is 0 Å². The summed E-state index contributed by atoms with van der Waals surface area (Å²) < 4.78 is 5.81. The van der Waals surface area contributed by atoms with Gasteiger partial charge in [0.2, 0.25) is 11.8 Å². The van der Waals surface area contributed by atoms with Crippen molar-refractivity contribution in [1.82, 2.24) is 25.0 Å². The van der Waals surface area contributed by atoms with Crippen LogP contribution in [0.1, 0.15) is 42.7 Å². The summed E-state index contributed by atoms with van der Waals surface area (Å²) in [5.41, 5.74) is 1.16. The van der Waals surface area contributed by atoms with E-state index < -0.39 is 0 Å². The van der Waals surface area contributed by atoms with Gasteiger partial charge in [-0.1, -0.05) is 6.07 Å². The highest BCUT2D eigenvalue weighted by molar-refractivity contribution is 5.07. The van der Waals surface area contributed by atoms with E-state index in [9.17, 15) is 0 Å². The minimum Gasteiger partial charge on any atom is -0.424 e. The molecule has 6 heteroatoms. The Balaban J connectivity index is 1.19. The lowest BCUT2D eigenvalue weighted by atomic mass is 9.87. The number of nitrogens with zero attached hydrogens (tertiary/aromatic N) is 5. The largest absolute Gasteiger partial charge is 0.424 e. The van der Waals surface area contributed by atoms with E-state index in [0.29, 0.717) is 18.0 Å². The highest BCUT2D eigenvalue weighted by atomic mass is 16.4. The SMILES string of the molecule is c1ccc(CN2CC3CC(C2)N3Cc2nnc(C3CC3)o2)nc1. The molecule has 2 aromatic rings. The summed E-state index contributed by atoms with van der Waals surface area (Å²) in [6, 6.07) is 7.38. The fraction of sp³-hybridized carbons (Fsp3) is 0.588. The lowest BCUT2D eigenvalue weighted by Crippen LogP contribution is -2.67. The molecule has 4 aliphatic rings. The van der Waals surface area contributed by atoms with E-state index in [2.05, 4.69) is 37.1 Å². The molecule has 3 aliphatic heterocycles. The first-order valence-electron chi connectivity index (χ1n) is 8.55. The van der Waals surface area contributed by atoms with Gasteiger partial charge >= 0.3 is 0 Å². The van der Waals surface area contributed by atoms with Crippen molar-refractivity contribution in [2.75, 3.05) is 13.1 Å². The molecule has 2 aromatic heterocycles. The molecular weight excluding hydrogens is 290 g/mol. The van der Waals surface area contributed by atoms with E-state index in [1.165, 1.54) is 19.3 Å². The molecule has 0 radical (unpaired) electrons. The van der Waals surface area contributed by atoms with Gasteiger partial charge in [-0.2, -0.15) is 0 Å². The fourth-order valence-corrected chi connectivity index (χ4v) is 3.86. The molecule has 0 N–H and O–H groups in total. The van der Waals surface area contributed by atoms with E-state index in [1.807, 2.05) is 12.3 Å². The molecule has 4 fully saturated rings. The molecule has 6 rings (SSSR count). The second-order valence-electron chi connectivity index (χ2n) is 7.04. The highest BCUT2D eigenvalue weighted by Gasteiger charge is 2.45. The number of aromatic nitrogens is 3. The molecule has 0 amide bonds. The van der Waals surface area contributed by atoms with Crippen LogP contribution in [0, 0.1) is 0 Å². The van der Waals surface area contributed by atoms with E-state index in [4.69, 9.17) is 4.42 Å². The minimum atomic E-state index is 0.543. The van der Waals surface area contributed by atoms with Crippen LogP contribution in [0.4, 0.5) is 0 Å². The van der Waals surface area contributed by atoms with Gasteiger partial charge in [-0.3, -0.25) is 14.8 Å². The number of hydrogen-bond donors (Lipinski definition) is 0. The van der Waals surface area contributed by atoms with Crippen LogP contribution in [0.2, 0.25) is 0 Å². The zero-order chi connectivity index (χ0) is 15.2. The number of rotatable bonds is 5. The summed E-state index contributed by atoms with van der Waals surface area (Å²) in [6.07, 6.45) is 5.58. The monoisotopic (exact) mass is 311 g/mol. The summed E-state index contributed by atoms with van der Waals surface area (Å²) in [6.45, 7) is 3.98. The van der Waals surface area contributed by atoms with Crippen LogP contribution in [0.25, 0.3) is 0 Å². The Labute approximate surface area is 135 Å². The third kappa shape index (κ3) is 2.66. The van der Waals surface area contributed by atoms with Crippen molar-refractivity contribution in [3.05, 3.63) is 41.9 Å². The maximum Gasteiger partial charge on any atom is 0.230 e. The highest BCUT2D eigenvalue weighted by Crippen LogP contribution is 2.39. The standard InChI is InChI=1S/C17H21N5O/c1-2-6-18-13(3-1)8-21-9-14-7-15(10-21)22(14)11-16-19-20-17(23-16)12-4-5-12/h1-3,6,12,14-15H,4-5,7-11H2. The summed E-state index contributed by atoms with van der Waals surface area (Å²) in [4.78, 5) is 9.48. The zero-order valence-corrected chi connectivity index (χ0v) is 13.1. The van der Waals surface area contributed by atoms with Crippen LogP contribution < -0.4 is 0 Å². The van der Waals surface area contributed by atoms with Crippen LogP contribution in [0.3, 0.4) is 0 Å². The molecule has 1 aliphatic carbocycles. The van der Waals surface area contributed by atoms with Crippen LogP contribution >= 0.6 is 0 Å². The maximum absolute atomic E-state index is 5.81. The molecule has 1 saturated carbocycles. The van der Waals surface area contributed by atoms with Gasteiger partial charge in [-0.05, 0) is 31.4 Å². The van der Waals surface area contributed by atoms with Gasteiger partial charge in [0.25, 0.3) is 0 Å². The smallest absolute Gasteiger partial charge is 0.230 e. The second kappa shape index (κ2) is 5.39. The lowest BCUT2D eigenvalue weighted by molar-refractivity contribution is -0.0816. The summed E-state index contributed by atoms with van der Waals surface area (Å²) in [7, 11) is 0. The number of piperazine rings is 1. The first kappa shape index (κ1) is 13.6. The predicted molar refractivity (Wildman–Crippen MR) is 83.5 cm³/mol. The molecular formula is C17H21N5O. The minimum absolute atomic E-state index is 0.543. The van der Waals surface area contributed by atoms with Gasteiger partial charge in [0.1, 0.15) is 0 Å². The molecule has 6 nitrogen and oxygen atoms in total. The first-order chi connectivity index (χ1) is 11.3. The molecule has 2 atom stereocenters. The van der Waals surface area contributed by atoms with Gasteiger partial charge in [0.15, 0.2) is 0 Å². The van der Waals surface area contributed by atoms with Crippen LogP contribution in [0.15, 0.2) is 28.8 Å². The predicted octanol–water partition coefficient (Wildman–Crippen LogP) is 1.80. The first-order valence-corrected chi connectivity index (χ1v) is 8.55. The van der Waals surface area contributed by atoms with Gasteiger partial charge in [-0.15, -0.1) is 10.2 Å².